The molecule has 0 bridgehead atoms. The summed E-state index contributed by atoms with van der Waals surface area (Å²) in [6, 6.07) is 7.94. The van der Waals surface area contributed by atoms with Crippen LogP contribution in [0.1, 0.15) is 17.1 Å². The molecule has 0 amide bonds. The Morgan fingerprint density at radius 2 is 2.18 bits per heavy atom. The van der Waals surface area contributed by atoms with E-state index >= 15 is 0 Å². The second kappa shape index (κ2) is 5.50. The number of imidazole rings is 1. The average Bonchev–Trinajstić information content (AvgIpc) is 2.76. The Balaban J connectivity index is 1.95. The summed E-state index contributed by atoms with van der Waals surface area (Å²) in [6.07, 6.45) is 2.63. The van der Waals surface area contributed by atoms with Crippen LogP contribution in [0.25, 0.3) is 0 Å². The number of ether oxygens (including phenoxy) is 1. The fourth-order valence-electron chi connectivity index (χ4n) is 1.63. The first-order chi connectivity index (χ1) is 8.29. The van der Waals surface area contributed by atoms with E-state index in [9.17, 15) is 0 Å². The SMILES string of the molecule is Cc1ccccc1OCc1ncc(CCN)[nH]1. The van der Waals surface area contributed by atoms with Gasteiger partial charge in [-0.25, -0.2) is 4.98 Å². The molecule has 3 N–H and O–H groups in total. The topological polar surface area (TPSA) is 63.9 Å². The van der Waals surface area contributed by atoms with Crippen molar-refractivity contribution >= 4 is 0 Å². The zero-order valence-corrected chi connectivity index (χ0v) is 9.94. The minimum Gasteiger partial charge on any atom is -0.485 e. The molecule has 1 aromatic heterocycles. The van der Waals surface area contributed by atoms with Crippen LogP contribution in [0.5, 0.6) is 5.75 Å². The zero-order valence-electron chi connectivity index (χ0n) is 9.94. The molecule has 2 rings (SSSR count). The molecule has 90 valence electrons. The molecule has 0 spiro atoms. The molecular weight excluding hydrogens is 214 g/mol. The molecule has 4 nitrogen and oxygen atoms in total. The molecule has 0 aliphatic rings. The number of nitrogens with zero attached hydrogens (tertiary/aromatic N) is 1. The Bertz CT molecular complexity index is 479. The number of hydrogen-bond acceptors (Lipinski definition) is 3. The number of aromatic nitrogens is 2. The van der Waals surface area contributed by atoms with Gasteiger partial charge >= 0.3 is 0 Å². The van der Waals surface area contributed by atoms with Crippen LogP contribution in [0.3, 0.4) is 0 Å². The highest BCUT2D eigenvalue weighted by Crippen LogP contribution is 2.17. The highest BCUT2D eigenvalue weighted by molar-refractivity contribution is 5.31. The van der Waals surface area contributed by atoms with Gasteiger partial charge in [-0.05, 0) is 25.1 Å². The number of H-pyrrole nitrogens is 1. The minimum absolute atomic E-state index is 0.454. The summed E-state index contributed by atoms with van der Waals surface area (Å²) in [5.74, 6) is 1.72. The van der Waals surface area contributed by atoms with Gasteiger partial charge in [0.1, 0.15) is 18.2 Å². The van der Waals surface area contributed by atoms with Crippen LogP contribution < -0.4 is 10.5 Å². The number of para-hydroxylation sites is 1. The monoisotopic (exact) mass is 231 g/mol. The van der Waals surface area contributed by atoms with Crippen molar-refractivity contribution < 1.29 is 4.74 Å². The van der Waals surface area contributed by atoms with Crippen LogP contribution in [-0.4, -0.2) is 16.5 Å². The van der Waals surface area contributed by atoms with E-state index in [-0.39, 0.29) is 0 Å². The van der Waals surface area contributed by atoms with Crippen molar-refractivity contribution in [2.45, 2.75) is 20.0 Å². The summed E-state index contributed by atoms with van der Waals surface area (Å²) in [5.41, 5.74) is 7.65. The van der Waals surface area contributed by atoms with Gasteiger partial charge in [0, 0.05) is 18.3 Å². The lowest BCUT2D eigenvalue weighted by atomic mass is 10.2. The molecule has 17 heavy (non-hydrogen) atoms. The van der Waals surface area contributed by atoms with Crippen LogP contribution in [0.15, 0.2) is 30.5 Å². The predicted molar refractivity (Wildman–Crippen MR) is 66.9 cm³/mol. The number of aryl methyl sites for hydroxylation is 1. The fraction of sp³-hybridized carbons (Fsp3) is 0.308. The van der Waals surface area contributed by atoms with Crippen molar-refractivity contribution in [2.75, 3.05) is 6.54 Å². The second-order valence-corrected chi connectivity index (χ2v) is 3.95. The van der Waals surface area contributed by atoms with Crippen molar-refractivity contribution in [1.29, 1.82) is 0 Å². The lowest BCUT2D eigenvalue weighted by Crippen LogP contribution is -2.03. The first kappa shape index (κ1) is 11.7. The van der Waals surface area contributed by atoms with Crippen LogP contribution >= 0.6 is 0 Å². The van der Waals surface area contributed by atoms with Crippen LogP contribution in [0, 0.1) is 6.92 Å². The van der Waals surface area contributed by atoms with Crippen LogP contribution in [0.2, 0.25) is 0 Å². The van der Waals surface area contributed by atoms with Gasteiger partial charge in [0.15, 0.2) is 0 Å². The van der Waals surface area contributed by atoms with Gasteiger partial charge in [0.2, 0.25) is 0 Å². The number of aromatic amines is 1. The Morgan fingerprint density at radius 3 is 2.94 bits per heavy atom. The van der Waals surface area contributed by atoms with Crippen molar-refractivity contribution in [3.05, 3.63) is 47.5 Å². The molecule has 0 saturated heterocycles. The summed E-state index contributed by atoms with van der Waals surface area (Å²) >= 11 is 0. The molecule has 0 fully saturated rings. The van der Waals surface area contributed by atoms with Crippen molar-refractivity contribution in [1.82, 2.24) is 9.97 Å². The molecule has 0 unspecified atom stereocenters. The molecule has 4 heteroatoms. The molecule has 2 aromatic rings. The Labute approximate surface area is 101 Å². The minimum atomic E-state index is 0.454. The summed E-state index contributed by atoms with van der Waals surface area (Å²) < 4.78 is 5.69. The number of nitrogens with two attached hydrogens (primary N) is 1. The van der Waals surface area contributed by atoms with Gasteiger partial charge in [-0.2, -0.15) is 0 Å². The maximum Gasteiger partial charge on any atom is 0.146 e. The number of rotatable bonds is 5. The molecule has 1 aromatic carbocycles. The molecule has 0 aliphatic heterocycles. The quantitative estimate of drug-likeness (QED) is 0.824. The molecular formula is C13H17N3O. The Hall–Kier alpha value is -1.81. The molecule has 0 saturated carbocycles. The van der Waals surface area contributed by atoms with Gasteiger partial charge in [-0.3, -0.25) is 0 Å². The standard InChI is InChI=1S/C13H17N3O/c1-10-4-2-3-5-12(10)17-9-13-15-8-11(16-13)6-7-14/h2-5,8H,6-7,9,14H2,1H3,(H,15,16). The van der Waals surface area contributed by atoms with E-state index in [2.05, 4.69) is 9.97 Å². The number of benzene rings is 1. The summed E-state index contributed by atoms with van der Waals surface area (Å²) in [5, 5.41) is 0. The van der Waals surface area contributed by atoms with Gasteiger partial charge in [0.05, 0.1) is 0 Å². The van der Waals surface area contributed by atoms with Crippen molar-refractivity contribution in [3.8, 4) is 5.75 Å². The first-order valence-corrected chi connectivity index (χ1v) is 5.71. The van der Waals surface area contributed by atoms with Crippen molar-refractivity contribution in [2.24, 2.45) is 5.73 Å². The smallest absolute Gasteiger partial charge is 0.146 e. The van der Waals surface area contributed by atoms with E-state index in [4.69, 9.17) is 10.5 Å². The highest BCUT2D eigenvalue weighted by Gasteiger charge is 2.02. The van der Waals surface area contributed by atoms with Crippen molar-refractivity contribution in [3.63, 3.8) is 0 Å². The van der Waals surface area contributed by atoms with E-state index < -0.39 is 0 Å². The molecule has 0 atom stereocenters. The lowest BCUT2D eigenvalue weighted by Gasteiger charge is -2.06. The first-order valence-electron chi connectivity index (χ1n) is 5.71. The summed E-state index contributed by atoms with van der Waals surface area (Å²) in [6.45, 7) is 3.10. The average molecular weight is 231 g/mol. The third kappa shape index (κ3) is 3.07. The molecule has 0 radical (unpaired) electrons. The molecule has 0 aliphatic carbocycles. The third-order valence-corrected chi connectivity index (χ3v) is 2.55. The maximum atomic E-state index is 5.69. The lowest BCUT2D eigenvalue weighted by molar-refractivity contribution is 0.295. The zero-order chi connectivity index (χ0) is 12.1. The van der Waals surface area contributed by atoms with Gasteiger partial charge in [0.25, 0.3) is 0 Å². The Kier molecular flexibility index (Phi) is 3.77. The van der Waals surface area contributed by atoms with E-state index in [1.165, 1.54) is 0 Å². The molecule has 1 heterocycles. The van der Waals surface area contributed by atoms with Crippen LogP contribution in [-0.2, 0) is 13.0 Å². The van der Waals surface area contributed by atoms with Gasteiger partial charge in [-0.15, -0.1) is 0 Å². The third-order valence-electron chi connectivity index (χ3n) is 2.55. The van der Waals surface area contributed by atoms with E-state index in [0.717, 1.165) is 29.3 Å². The van der Waals surface area contributed by atoms with E-state index in [0.29, 0.717) is 13.2 Å². The number of nitrogens with one attached hydrogen (secondary N) is 1. The fourth-order valence-corrected chi connectivity index (χ4v) is 1.63. The van der Waals surface area contributed by atoms with Crippen LogP contribution in [0.4, 0.5) is 0 Å². The highest BCUT2D eigenvalue weighted by atomic mass is 16.5. The summed E-state index contributed by atoms with van der Waals surface area (Å²) in [4.78, 5) is 7.43. The normalized spacial score (nSPS) is 10.5. The number of hydrogen-bond donors (Lipinski definition) is 2. The second-order valence-electron chi connectivity index (χ2n) is 3.95. The van der Waals surface area contributed by atoms with Gasteiger partial charge in [-0.1, -0.05) is 18.2 Å². The summed E-state index contributed by atoms with van der Waals surface area (Å²) in [7, 11) is 0. The Morgan fingerprint density at radius 1 is 1.35 bits per heavy atom. The predicted octanol–water partition coefficient (Wildman–Crippen LogP) is 1.80. The largest absolute Gasteiger partial charge is 0.485 e. The van der Waals surface area contributed by atoms with E-state index in [1.54, 1.807) is 0 Å². The van der Waals surface area contributed by atoms with E-state index in [1.807, 2.05) is 37.4 Å². The van der Waals surface area contributed by atoms with Gasteiger partial charge < -0.3 is 15.5 Å². The maximum absolute atomic E-state index is 5.69.